The van der Waals surface area contributed by atoms with Crippen molar-refractivity contribution < 1.29 is 72.8 Å². The average Bonchev–Trinajstić information content (AvgIpc) is 0.751. The van der Waals surface area contributed by atoms with Gasteiger partial charge in [-0.15, -0.1) is 0 Å². The number of aliphatic hydroxyl groups excluding tert-OH is 5. The Bertz CT molecular complexity index is 4350. The molecule has 0 bridgehead atoms. The van der Waals surface area contributed by atoms with Crippen LogP contribution in [0, 0.1) is 102 Å². The Morgan fingerprint density at radius 1 is 0.240 bits per heavy atom. The number of benzene rings is 9. The molecule has 0 saturated heterocycles. The first kappa shape index (κ1) is 120. The van der Waals surface area contributed by atoms with Crippen molar-refractivity contribution in [1.82, 2.24) is 0 Å². The Hall–Kier alpha value is -7.24. The van der Waals surface area contributed by atoms with Gasteiger partial charge in [0, 0.05) is 35.5 Å². The molecule has 0 amide bonds. The fraction of sp³-hybridized carbons (Fsp3) is 0.505. The number of aryl methyl sites for hydroxylation is 7. The van der Waals surface area contributed by atoms with Gasteiger partial charge in [0.15, 0.2) is 0 Å². The molecule has 0 heterocycles. The van der Waals surface area contributed by atoms with E-state index in [1.807, 2.05) is 6.92 Å². The van der Waals surface area contributed by atoms with Crippen molar-refractivity contribution in [2.45, 2.75) is 267 Å². The van der Waals surface area contributed by atoms with Gasteiger partial charge in [-0.3, -0.25) is 0 Å². The summed E-state index contributed by atoms with van der Waals surface area (Å²) in [4.78, 5) is 0. The first-order valence-corrected chi connectivity index (χ1v) is 53.0. The minimum Gasteiger partial charge on any atom is -0.396 e. The quantitative estimate of drug-likeness (QED) is 0.0234. The Kier molecular flexibility index (Phi) is 49.2. The van der Waals surface area contributed by atoms with Gasteiger partial charge in [-0.1, -0.05) is 454 Å². The molecule has 9 atom stereocenters. The highest BCUT2D eigenvalue weighted by atomic mass is 32.5. The zero-order chi connectivity index (χ0) is 99.2. The van der Waals surface area contributed by atoms with Crippen molar-refractivity contribution in [3.63, 3.8) is 0 Å². The molecule has 7 nitrogen and oxygen atoms in total. The van der Waals surface area contributed by atoms with E-state index in [2.05, 4.69) is 357 Å². The molecule has 5 N–H and O–H groups in total. The smallest absolute Gasteiger partial charge is 0.396 e. The Morgan fingerprint density at radius 3 is 0.667 bits per heavy atom. The van der Waals surface area contributed by atoms with Gasteiger partial charge in [0.05, 0.1) is 47.7 Å². The number of halogens is 10. The molecule has 9 rings (SSSR count). The predicted octanol–water partition coefficient (Wildman–Crippen LogP) is 33.4. The third-order valence-corrected chi connectivity index (χ3v) is 27.0. The maximum Gasteiger partial charge on any atom is 0.435 e. The summed E-state index contributed by atoms with van der Waals surface area (Å²) < 4.78 is 128. The van der Waals surface area contributed by atoms with Crippen molar-refractivity contribution in [1.29, 1.82) is 0 Å². The van der Waals surface area contributed by atoms with Crippen LogP contribution in [0.2, 0.25) is 19.6 Å². The van der Waals surface area contributed by atoms with E-state index in [1.165, 1.54) is 84.5 Å². The third kappa shape index (κ3) is 49.4. The molecule has 0 spiro atoms. The highest BCUT2D eigenvalue weighted by molar-refractivity contribution is 8.42. The SMILES string of the molecule is CC(C)C(C)c1ccc([Si](C)(C)C)cc1.CC(C)C(CO)c1cccc(OS(F)(F)(F)(F)F)c1.Cc1ccc(C(C)C(C)C)cc1.Cc1ccc(C(C)C(C)C)cc1.Cc1ccc(C(CO)C(C)C)cc1.Cc1ccc(C(CO)C(C)C)cc1.Cc1ccc(C(CO)C(C)C)cc1.Cc1ccc(C(COS(F)(F)(F)(F)F)C(C)C)cc1.Cc1cccc(C(CO)C(C)C)c1. The molecule has 0 aliphatic rings. The summed E-state index contributed by atoms with van der Waals surface area (Å²) in [7, 11) is -20.9. The molecule has 0 aromatic heterocycles. The lowest BCUT2D eigenvalue weighted by Crippen LogP contribution is -2.37. The van der Waals surface area contributed by atoms with Gasteiger partial charge in [-0.05, 0) is 182 Å². The van der Waals surface area contributed by atoms with E-state index in [0.717, 1.165) is 35.4 Å². The van der Waals surface area contributed by atoms with Gasteiger partial charge in [0.25, 0.3) is 0 Å². The summed E-state index contributed by atoms with van der Waals surface area (Å²) in [5.74, 6) is 4.83. The zero-order valence-corrected chi connectivity index (χ0v) is 86.2. The Morgan fingerprint density at radius 2 is 0.457 bits per heavy atom. The molecular weight excluding hydrogens is 1700 g/mol. The fourth-order valence-electron chi connectivity index (χ4n) is 13.7. The molecule has 9 aromatic rings. The molecule has 728 valence electrons. The van der Waals surface area contributed by atoms with Crippen LogP contribution in [0.25, 0.3) is 0 Å². The van der Waals surface area contributed by atoms with Gasteiger partial charge < -0.3 is 29.7 Å². The van der Waals surface area contributed by atoms with Crippen molar-refractivity contribution in [2.75, 3.05) is 39.6 Å². The highest BCUT2D eigenvalue weighted by Crippen LogP contribution is 2.99. The summed E-state index contributed by atoms with van der Waals surface area (Å²) in [5, 5.41) is 47.6. The summed E-state index contributed by atoms with van der Waals surface area (Å²) in [6, 6.07) is 71.6. The van der Waals surface area contributed by atoms with E-state index in [1.54, 1.807) is 57.1 Å². The summed E-state index contributed by atoms with van der Waals surface area (Å²) >= 11 is 0. The highest BCUT2D eigenvalue weighted by Gasteiger charge is 2.67. The molecule has 0 aliphatic carbocycles. The van der Waals surface area contributed by atoms with Crippen LogP contribution >= 0.6 is 21.0 Å². The molecule has 0 saturated carbocycles. The lowest BCUT2D eigenvalue weighted by atomic mass is 9.88. The molecule has 129 heavy (non-hydrogen) atoms. The van der Waals surface area contributed by atoms with Crippen LogP contribution in [-0.4, -0.2) is 73.2 Å². The van der Waals surface area contributed by atoms with E-state index >= 15 is 0 Å². The minimum absolute atomic E-state index is 0.0554. The lowest BCUT2D eigenvalue weighted by molar-refractivity contribution is 0.136. The molecule has 9 aromatic carbocycles. The molecule has 0 fully saturated rings. The van der Waals surface area contributed by atoms with E-state index in [4.69, 9.17) is 0 Å². The summed E-state index contributed by atoms with van der Waals surface area (Å²) in [6.45, 7) is 65.7. The normalized spacial score (nSPS) is 14.8. The maximum absolute atomic E-state index is 12.2. The fourth-order valence-corrected chi connectivity index (χ4v) is 15.7. The molecule has 0 aliphatic heterocycles. The monoisotopic (exact) mass is 1870 g/mol. The second-order valence-corrected chi connectivity index (χ2v) is 48.2. The van der Waals surface area contributed by atoms with E-state index < -0.39 is 53.3 Å². The summed E-state index contributed by atoms with van der Waals surface area (Å²) in [6.07, 6.45) is 0. The lowest BCUT2D eigenvalue weighted by Gasteiger charge is -2.40. The number of hydrogen-bond acceptors (Lipinski definition) is 7. The van der Waals surface area contributed by atoms with Gasteiger partial charge in [-0.25, -0.2) is 4.18 Å². The maximum atomic E-state index is 12.2. The topological polar surface area (TPSA) is 120 Å². The first-order chi connectivity index (χ1) is 59.2. The molecule has 0 radical (unpaired) electrons. The van der Waals surface area contributed by atoms with Crippen molar-refractivity contribution in [2.24, 2.45) is 53.3 Å². The van der Waals surface area contributed by atoms with Crippen molar-refractivity contribution in [3.8, 4) is 5.75 Å². The van der Waals surface area contributed by atoms with E-state index in [0.29, 0.717) is 52.6 Å². The van der Waals surface area contributed by atoms with Gasteiger partial charge >= 0.3 is 21.0 Å². The van der Waals surface area contributed by atoms with Gasteiger partial charge in [0.1, 0.15) is 5.75 Å². The standard InChI is InChI=1S/C14H24Si.C12H17F5OS.4C12H18O.2C12H18.C11H15F5O2S/c1-11(2)12(3)13-7-9-14(10-8-13)15(4,5)6;1-9(2)12(8-18-19(13,14,15,16)17)11-6-4-10(3)5-7-11;3*1-9(2)12(8-13)11-6-4-10(3)5-7-11;1-9(2)12(8-13)11-6-4-5-10(3)7-11;2*1-9(2)11(4)12-7-5-10(3)6-8-12;1-8(2)11(7-17)9-4-3-5-10(6-9)18-19(12,13,14,15)16/h7-12H,1-6H3;4-7,9,12H,8H2,1-3H3;4*4-7,9,12-13H,8H2,1-3H3;2*5-9,11H,1-4H3;3-6,8,11,17H,7H2,1-2H3. The Balaban J connectivity index is 0.000000729. The van der Waals surface area contributed by atoms with Gasteiger partial charge in [-0.2, -0.15) is 0 Å². The number of hydrogen-bond donors (Lipinski definition) is 5. The van der Waals surface area contributed by atoms with Crippen LogP contribution in [0.1, 0.15) is 288 Å². The zero-order valence-electron chi connectivity index (χ0n) is 83.6. The van der Waals surface area contributed by atoms with Crippen molar-refractivity contribution >= 4 is 34.3 Å². The average molecular weight is 1870 g/mol. The summed E-state index contributed by atoms with van der Waals surface area (Å²) in [5.41, 5.74) is 18.9. The third-order valence-electron chi connectivity index (χ3n) is 23.8. The Labute approximate surface area is 775 Å². The van der Waals surface area contributed by atoms with Crippen LogP contribution in [0.3, 0.4) is 0 Å². The van der Waals surface area contributed by atoms with Gasteiger partial charge in [0.2, 0.25) is 0 Å². The first-order valence-electron chi connectivity index (χ1n) is 45.8. The van der Waals surface area contributed by atoms with Crippen LogP contribution in [-0.2, 0) is 4.18 Å². The largest absolute Gasteiger partial charge is 0.435 e. The second-order valence-electron chi connectivity index (χ2n) is 39.1. The van der Waals surface area contributed by atoms with Crippen molar-refractivity contribution in [3.05, 3.63) is 307 Å². The number of rotatable bonds is 29. The molecule has 20 heteroatoms. The van der Waals surface area contributed by atoms with Crippen LogP contribution in [0.4, 0.5) is 38.9 Å². The minimum atomic E-state index is -9.96. The van der Waals surface area contributed by atoms with E-state index in [-0.39, 0.29) is 68.5 Å². The van der Waals surface area contributed by atoms with Crippen LogP contribution in [0.5, 0.6) is 5.75 Å². The molecular formula is C109H164F10O7S2Si. The van der Waals surface area contributed by atoms with E-state index in [9.17, 15) is 64.4 Å². The second kappa shape index (κ2) is 53.0. The van der Waals surface area contributed by atoms with Crippen LogP contribution < -0.4 is 9.37 Å². The molecule has 9 unspecified atom stereocenters. The predicted molar refractivity (Wildman–Crippen MR) is 538 cm³/mol. The number of aliphatic hydroxyl groups is 5. The van der Waals surface area contributed by atoms with Crippen LogP contribution in [0.15, 0.2) is 218 Å².